The van der Waals surface area contributed by atoms with Crippen molar-refractivity contribution in [2.45, 2.75) is 51.2 Å². The topological polar surface area (TPSA) is 47.0 Å². The van der Waals surface area contributed by atoms with Crippen molar-refractivity contribution >= 4 is 0 Å². The zero-order valence-electron chi connectivity index (χ0n) is 12.2. The lowest BCUT2D eigenvalue weighted by molar-refractivity contribution is -0.0963. The molecule has 0 spiro atoms. The summed E-state index contributed by atoms with van der Waals surface area (Å²) in [5.74, 6) is 0.804. The first-order valence-electron chi connectivity index (χ1n) is 7.28. The van der Waals surface area contributed by atoms with Crippen LogP contribution in [0.15, 0.2) is 18.7 Å². The van der Waals surface area contributed by atoms with E-state index < -0.39 is 0 Å². The SMILES string of the molecule is CCOC1(C(NC)c2cncnc2)CCC(C)CC1. The van der Waals surface area contributed by atoms with E-state index in [0.717, 1.165) is 30.9 Å². The highest BCUT2D eigenvalue weighted by Crippen LogP contribution is 2.42. The van der Waals surface area contributed by atoms with Crippen molar-refractivity contribution in [3.63, 3.8) is 0 Å². The van der Waals surface area contributed by atoms with Gasteiger partial charge < -0.3 is 10.1 Å². The molecule has 0 bridgehead atoms. The summed E-state index contributed by atoms with van der Waals surface area (Å²) in [5.41, 5.74) is 1.01. The van der Waals surface area contributed by atoms with Crippen LogP contribution in [0, 0.1) is 5.92 Å². The van der Waals surface area contributed by atoms with Crippen molar-refractivity contribution in [2.75, 3.05) is 13.7 Å². The van der Waals surface area contributed by atoms with Gasteiger partial charge >= 0.3 is 0 Å². The lowest BCUT2D eigenvalue weighted by Gasteiger charge is -2.44. The Morgan fingerprint density at radius 3 is 2.53 bits per heavy atom. The quantitative estimate of drug-likeness (QED) is 0.887. The fourth-order valence-corrected chi connectivity index (χ4v) is 3.25. The van der Waals surface area contributed by atoms with Crippen LogP contribution < -0.4 is 5.32 Å². The van der Waals surface area contributed by atoms with E-state index in [2.05, 4.69) is 29.1 Å². The highest BCUT2D eigenvalue weighted by molar-refractivity contribution is 5.16. The molecule has 4 nitrogen and oxygen atoms in total. The Hall–Kier alpha value is -1.00. The average Bonchev–Trinajstić information content (AvgIpc) is 2.44. The van der Waals surface area contributed by atoms with Crippen molar-refractivity contribution < 1.29 is 4.74 Å². The highest BCUT2D eigenvalue weighted by atomic mass is 16.5. The van der Waals surface area contributed by atoms with Gasteiger partial charge in [0.15, 0.2) is 0 Å². The van der Waals surface area contributed by atoms with Gasteiger partial charge in [-0.05, 0) is 45.6 Å². The number of hydrogen-bond acceptors (Lipinski definition) is 4. The van der Waals surface area contributed by atoms with Crippen molar-refractivity contribution in [1.29, 1.82) is 0 Å². The fourth-order valence-electron chi connectivity index (χ4n) is 3.25. The minimum absolute atomic E-state index is 0.110. The van der Waals surface area contributed by atoms with Crippen molar-refractivity contribution in [2.24, 2.45) is 5.92 Å². The van der Waals surface area contributed by atoms with Gasteiger partial charge in [-0.2, -0.15) is 0 Å². The summed E-state index contributed by atoms with van der Waals surface area (Å²) in [6.45, 7) is 5.16. The van der Waals surface area contributed by atoms with E-state index in [4.69, 9.17) is 4.74 Å². The molecule has 1 saturated carbocycles. The zero-order chi connectivity index (χ0) is 13.7. The molecule has 2 rings (SSSR count). The smallest absolute Gasteiger partial charge is 0.115 e. The largest absolute Gasteiger partial charge is 0.373 e. The van der Waals surface area contributed by atoms with Gasteiger partial charge in [-0.15, -0.1) is 0 Å². The van der Waals surface area contributed by atoms with Crippen molar-refractivity contribution in [3.8, 4) is 0 Å². The van der Waals surface area contributed by atoms with Crippen LogP contribution in [0.3, 0.4) is 0 Å². The van der Waals surface area contributed by atoms with Crippen LogP contribution in [0.25, 0.3) is 0 Å². The Balaban J connectivity index is 2.26. The first kappa shape index (κ1) is 14.4. The summed E-state index contributed by atoms with van der Waals surface area (Å²) in [4.78, 5) is 8.30. The molecule has 19 heavy (non-hydrogen) atoms. The second kappa shape index (κ2) is 6.44. The molecule has 1 atom stereocenters. The Morgan fingerprint density at radius 1 is 1.37 bits per heavy atom. The third-order valence-corrected chi connectivity index (χ3v) is 4.28. The van der Waals surface area contributed by atoms with Crippen LogP contribution >= 0.6 is 0 Å². The molecule has 106 valence electrons. The van der Waals surface area contributed by atoms with Gasteiger partial charge in [-0.25, -0.2) is 9.97 Å². The van der Waals surface area contributed by atoms with E-state index in [1.54, 1.807) is 6.33 Å². The standard InChI is InChI=1S/C15H25N3O/c1-4-19-15(7-5-12(2)6-8-15)14(16-3)13-9-17-11-18-10-13/h9-12,14,16H,4-8H2,1-3H3. The average molecular weight is 263 g/mol. The van der Waals surface area contributed by atoms with E-state index in [0.29, 0.717) is 0 Å². The second-order valence-electron chi connectivity index (χ2n) is 5.57. The normalized spacial score (nSPS) is 29.1. The number of aromatic nitrogens is 2. The lowest BCUT2D eigenvalue weighted by atomic mass is 9.73. The number of nitrogens with one attached hydrogen (secondary N) is 1. The Morgan fingerprint density at radius 2 is 2.00 bits per heavy atom. The van der Waals surface area contributed by atoms with Gasteiger partial charge in [0.1, 0.15) is 6.33 Å². The van der Waals surface area contributed by atoms with E-state index in [1.165, 1.54) is 12.8 Å². The lowest BCUT2D eigenvalue weighted by Crippen LogP contribution is -2.47. The van der Waals surface area contributed by atoms with Crippen LogP contribution in [0.1, 0.15) is 51.1 Å². The Kier molecular flexibility index (Phi) is 4.88. The maximum atomic E-state index is 6.21. The monoisotopic (exact) mass is 263 g/mol. The Bertz CT molecular complexity index is 374. The number of ether oxygens (including phenoxy) is 1. The van der Waals surface area contributed by atoms with Crippen LogP contribution in [0.4, 0.5) is 0 Å². The second-order valence-corrected chi connectivity index (χ2v) is 5.57. The van der Waals surface area contributed by atoms with E-state index in [1.807, 2.05) is 19.4 Å². The molecule has 0 radical (unpaired) electrons. The molecule has 0 aliphatic heterocycles. The molecule has 1 aromatic heterocycles. The van der Waals surface area contributed by atoms with Gasteiger partial charge in [0.25, 0.3) is 0 Å². The molecular formula is C15H25N3O. The molecule has 1 aliphatic carbocycles. The van der Waals surface area contributed by atoms with Gasteiger partial charge in [-0.3, -0.25) is 0 Å². The molecule has 1 fully saturated rings. The molecule has 1 aliphatic rings. The van der Waals surface area contributed by atoms with Crippen molar-refractivity contribution in [1.82, 2.24) is 15.3 Å². The number of likely N-dealkylation sites (N-methyl/N-ethyl adjacent to an activating group) is 1. The number of hydrogen-bond donors (Lipinski definition) is 1. The summed E-state index contributed by atoms with van der Waals surface area (Å²) < 4.78 is 6.21. The van der Waals surface area contributed by atoms with Crippen LogP contribution in [0.2, 0.25) is 0 Å². The summed E-state index contributed by atoms with van der Waals surface area (Å²) in [6, 6.07) is 0.168. The van der Waals surface area contributed by atoms with Gasteiger partial charge in [0.05, 0.1) is 11.6 Å². The van der Waals surface area contributed by atoms with Gasteiger partial charge in [0, 0.05) is 24.6 Å². The Labute approximate surface area is 116 Å². The molecule has 1 heterocycles. The minimum atomic E-state index is -0.110. The number of nitrogens with zero attached hydrogens (tertiary/aromatic N) is 2. The zero-order valence-corrected chi connectivity index (χ0v) is 12.2. The first-order chi connectivity index (χ1) is 9.22. The van der Waals surface area contributed by atoms with E-state index >= 15 is 0 Å². The molecule has 4 heteroatoms. The number of rotatable bonds is 5. The van der Waals surface area contributed by atoms with E-state index in [-0.39, 0.29) is 11.6 Å². The maximum absolute atomic E-state index is 6.21. The summed E-state index contributed by atoms with van der Waals surface area (Å²) >= 11 is 0. The summed E-state index contributed by atoms with van der Waals surface area (Å²) in [6.07, 6.45) is 10.0. The fraction of sp³-hybridized carbons (Fsp3) is 0.733. The van der Waals surface area contributed by atoms with Crippen LogP contribution in [0.5, 0.6) is 0 Å². The van der Waals surface area contributed by atoms with Crippen LogP contribution in [-0.2, 0) is 4.74 Å². The van der Waals surface area contributed by atoms with Gasteiger partial charge in [0.2, 0.25) is 0 Å². The summed E-state index contributed by atoms with van der Waals surface area (Å²) in [5, 5.41) is 3.42. The molecule has 0 saturated heterocycles. The molecular weight excluding hydrogens is 238 g/mol. The third-order valence-electron chi connectivity index (χ3n) is 4.28. The minimum Gasteiger partial charge on any atom is -0.373 e. The first-order valence-corrected chi connectivity index (χ1v) is 7.28. The van der Waals surface area contributed by atoms with Crippen molar-refractivity contribution in [3.05, 3.63) is 24.3 Å². The molecule has 1 unspecified atom stereocenters. The molecule has 1 aromatic rings. The molecule has 1 N–H and O–H groups in total. The van der Waals surface area contributed by atoms with Crippen LogP contribution in [-0.4, -0.2) is 29.2 Å². The maximum Gasteiger partial charge on any atom is 0.115 e. The molecule has 0 aromatic carbocycles. The predicted molar refractivity (Wildman–Crippen MR) is 75.8 cm³/mol. The molecule has 0 amide bonds. The third kappa shape index (κ3) is 3.12. The highest BCUT2D eigenvalue weighted by Gasteiger charge is 2.42. The van der Waals surface area contributed by atoms with E-state index in [9.17, 15) is 0 Å². The summed E-state index contributed by atoms with van der Waals surface area (Å²) in [7, 11) is 2.00. The van der Waals surface area contributed by atoms with Gasteiger partial charge in [-0.1, -0.05) is 6.92 Å². The predicted octanol–water partition coefficient (Wildman–Crippen LogP) is 2.72.